The summed E-state index contributed by atoms with van der Waals surface area (Å²) in [6.45, 7) is 9.50. The number of nitrogens with one attached hydrogen (secondary N) is 1. The second-order valence-electron chi connectivity index (χ2n) is 7.27. The first-order valence-electron chi connectivity index (χ1n) is 9.77. The zero-order chi connectivity index (χ0) is 19.5. The van der Waals surface area contributed by atoms with Crippen molar-refractivity contribution in [3.05, 3.63) is 47.4 Å². The molecule has 3 heterocycles. The Hall–Kier alpha value is -2.22. The van der Waals surface area contributed by atoms with Crippen LogP contribution in [0.5, 0.6) is 0 Å². The Morgan fingerprint density at radius 3 is 2.71 bits per heavy atom. The summed E-state index contributed by atoms with van der Waals surface area (Å²) < 4.78 is 12.0. The maximum atomic E-state index is 13.1. The standard InChI is InChI=1S/C21H25N3O3S/c1-15-6-7-16(2)19-18(15)22-21(28-19)24(20(25)17-5-3-12-27-17)9-4-8-23-10-13-26-14-11-23/h3,5-7,12H,4,8-11,13-14H2,1-2H3/p+1. The van der Waals surface area contributed by atoms with Crippen LogP contribution in [-0.2, 0) is 4.74 Å². The van der Waals surface area contributed by atoms with Crippen LogP contribution in [0.1, 0.15) is 28.1 Å². The Bertz CT molecular complexity index is 906. The lowest BCUT2D eigenvalue weighted by Gasteiger charge is -2.25. The number of aryl methyl sites for hydroxylation is 2. The van der Waals surface area contributed by atoms with Crippen molar-refractivity contribution in [3.63, 3.8) is 0 Å². The lowest BCUT2D eigenvalue weighted by molar-refractivity contribution is -0.908. The fraction of sp³-hybridized carbons (Fsp3) is 0.429. The molecule has 28 heavy (non-hydrogen) atoms. The average Bonchev–Trinajstić information content (AvgIpc) is 3.39. The molecule has 148 valence electrons. The summed E-state index contributed by atoms with van der Waals surface area (Å²) >= 11 is 1.58. The number of ether oxygens (including phenoxy) is 1. The van der Waals surface area contributed by atoms with Gasteiger partial charge in [-0.2, -0.15) is 0 Å². The molecule has 0 saturated carbocycles. The van der Waals surface area contributed by atoms with E-state index in [-0.39, 0.29) is 5.91 Å². The number of carbonyl (C=O) groups is 1. The first kappa shape index (κ1) is 19.1. The minimum absolute atomic E-state index is 0.128. The molecule has 1 saturated heterocycles. The van der Waals surface area contributed by atoms with Gasteiger partial charge in [0.15, 0.2) is 10.9 Å². The number of furan rings is 1. The van der Waals surface area contributed by atoms with Gasteiger partial charge in [0.25, 0.3) is 5.91 Å². The monoisotopic (exact) mass is 400 g/mol. The molecule has 0 atom stereocenters. The molecule has 1 aliphatic rings. The van der Waals surface area contributed by atoms with Crippen molar-refractivity contribution in [1.29, 1.82) is 0 Å². The third kappa shape index (κ3) is 3.97. The van der Waals surface area contributed by atoms with Crippen molar-refractivity contribution < 1.29 is 18.8 Å². The van der Waals surface area contributed by atoms with E-state index in [2.05, 4.69) is 26.0 Å². The van der Waals surface area contributed by atoms with Gasteiger partial charge in [-0.3, -0.25) is 9.69 Å². The summed E-state index contributed by atoms with van der Waals surface area (Å²) in [6.07, 6.45) is 2.45. The Morgan fingerprint density at radius 1 is 1.21 bits per heavy atom. The lowest BCUT2D eigenvalue weighted by Crippen LogP contribution is -3.14. The fourth-order valence-electron chi connectivity index (χ4n) is 3.58. The average molecular weight is 401 g/mol. The molecule has 1 aliphatic heterocycles. The Morgan fingerprint density at radius 2 is 2.00 bits per heavy atom. The van der Waals surface area contributed by atoms with Gasteiger partial charge >= 0.3 is 0 Å². The number of benzene rings is 1. The number of anilines is 1. The first-order chi connectivity index (χ1) is 13.6. The van der Waals surface area contributed by atoms with Crippen molar-refractivity contribution in [2.45, 2.75) is 20.3 Å². The summed E-state index contributed by atoms with van der Waals surface area (Å²) in [5.74, 6) is 0.225. The molecule has 4 rings (SSSR count). The number of rotatable bonds is 6. The normalized spacial score (nSPS) is 15.2. The topological polar surface area (TPSA) is 60.0 Å². The third-order valence-corrected chi connectivity index (χ3v) is 6.46. The highest BCUT2D eigenvalue weighted by Crippen LogP contribution is 2.33. The molecular formula is C21H26N3O3S+. The number of aromatic nitrogens is 1. The van der Waals surface area contributed by atoms with Crippen LogP contribution < -0.4 is 9.80 Å². The summed E-state index contributed by atoms with van der Waals surface area (Å²) in [6, 6.07) is 7.66. The van der Waals surface area contributed by atoms with Crippen LogP contribution in [0.4, 0.5) is 5.13 Å². The minimum Gasteiger partial charge on any atom is -0.459 e. The van der Waals surface area contributed by atoms with E-state index in [0.717, 1.165) is 60.2 Å². The van der Waals surface area contributed by atoms with Crippen molar-refractivity contribution in [2.24, 2.45) is 0 Å². The highest BCUT2D eigenvalue weighted by atomic mass is 32.1. The predicted octanol–water partition coefficient (Wildman–Crippen LogP) is 2.46. The number of fused-ring (bicyclic) bond motifs is 1. The number of morpholine rings is 1. The summed E-state index contributed by atoms with van der Waals surface area (Å²) in [5, 5.41) is 0.741. The van der Waals surface area contributed by atoms with E-state index in [1.807, 2.05) is 0 Å². The number of carbonyl (C=O) groups excluding carboxylic acids is 1. The SMILES string of the molecule is Cc1ccc(C)c2sc(N(CCC[NH+]3CCOCC3)C(=O)c3ccco3)nc12. The highest BCUT2D eigenvalue weighted by Gasteiger charge is 2.24. The van der Waals surface area contributed by atoms with Gasteiger partial charge in [-0.1, -0.05) is 23.5 Å². The maximum Gasteiger partial charge on any atom is 0.295 e. The summed E-state index contributed by atoms with van der Waals surface area (Å²) in [7, 11) is 0. The molecule has 0 spiro atoms. The van der Waals surface area contributed by atoms with Crippen molar-refractivity contribution in [2.75, 3.05) is 44.3 Å². The van der Waals surface area contributed by atoms with Gasteiger partial charge in [-0.05, 0) is 37.1 Å². The molecule has 1 N–H and O–H groups in total. The van der Waals surface area contributed by atoms with Crippen LogP contribution in [0, 0.1) is 13.8 Å². The van der Waals surface area contributed by atoms with Gasteiger partial charge in [0.1, 0.15) is 13.1 Å². The Labute approximate surface area is 168 Å². The molecular weight excluding hydrogens is 374 g/mol. The maximum absolute atomic E-state index is 13.1. The Kier molecular flexibility index (Phi) is 5.75. The van der Waals surface area contributed by atoms with Crippen molar-refractivity contribution in [1.82, 2.24) is 4.98 Å². The number of hydrogen-bond donors (Lipinski definition) is 1. The Balaban J connectivity index is 1.58. The quantitative estimate of drug-likeness (QED) is 0.691. The van der Waals surface area contributed by atoms with E-state index in [1.54, 1.807) is 28.4 Å². The van der Waals surface area contributed by atoms with Crippen molar-refractivity contribution in [3.8, 4) is 0 Å². The summed E-state index contributed by atoms with van der Waals surface area (Å²) in [5.41, 5.74) is 3.30. The van der Waals surface area contributed by atoms with Crippen LogP contribution in [0.2, 0.25) is 0 Å². The number of nitrogens with zero attached hydrogens (tertiary/aromatic N) is 2. The van der Waals surface area contributed by atoms with Crippen molar-refractivity contribution >= 4 is 32.6 Å². The van der Waals surface area contributed by atoms with E-state index in [1.165, 1.54) is 16.7 Å². The van der Waals surface area contributed by atoms with Crippen LogP contribution in [0.3, 0.4) is 0 Å². The van der Waals surface area contributed by atoms with Crippen LogP contribution in [-0.4, -0.2) is 50.3 Å². The highest BCUT2D eigenvalue weighted by molar-refractivity contribution is 7.22. The van der Waals surface area contributed by atoms with E-state index in [9.17, 15) is 4.79 Å². The summed E-state index contributed by atoms with van der Waals surface area (Å²) in [4.78, 5) is 21.2. The van der Waals surface area contributed by atoms with Gasteiger partial charge in [0.2, 0.25) is 0 Å². The molecule has 0 radical (unpaired) electrons. The number of thiazole rings is 1. The molecule has 2 aromatic heterocycles. The largest absolute Gasteiger partial charge is 0.459 e. The number of amides is 1. The molecule has 6 nitrogen and oxygen atoms in total. The molecule has 1 aromatic carbocycles. The van der Waals surface area contributed by atoms with E-state index < -0.39 is 0 Å². The second-order valence-corrected chi connectivity index (χ2v) is 8.25. The smallest absolute Gasteiger partial charge is 0.295 e. The first-order valence-corrected chi connectivity index (χ1v) is 10.6. The van der Waals surface area contributed by atoms with E-state index >= 15 is 0 Å². The molecule has 7 heteroatoms. The van der Waals surface area contributed by atoms with Gasteiger partial charge in [0, 0.05) is 13.0 Å². The molecule has 1 fully saturated rings. The van der Waals surface area contributed by atoms with Crippen LogP contribution in [0.15, 0.2) is 34.9 Å². The number of quaternary nitrogens is 1. The van der Waals surface area contributed by atoms with Gasteiger partial charge in [-0.25, -0.2) is 4.98 Å². The minimum atomic E-state index is -0.128. The van der Waals surface area contributed by atoms with E-state index in [4.69, 9.17) is 14.1 Å². The lowest BCUT2D eigenvalue weighted by atomic mass is 10.1. The molecule has 0 unspecified atom stereocenters. The van der Waals surface area contributed by atoms with Gasteiger partial charge in [-0.15, -0.1) is 0 Å². The number of hydrogen-bond acceptors (Lipinski definition) is 5. The zero-order valence-electron chi connectivity index (χ0n) is 16.4. The molecule has 0 bridgehead atoms. The van der Waals surface area contributed by atoms with Gasteiger partial charge in [0.05, 0.1) is 36.2 Å². The third-order valence-electron chi connectivity index (χ3n) is 5.25. The predicted molar refractivity (Wildman–Crippen MR) is 110 cm³/mol. The molecule has 0 aliphatic carbocycles. The second kappa shape index (κ2) is 8.43. The fourth-order valence-corrected chi connectivity index (χ4v) is 4.71. The van der Waals surface area contributed by atoms with Crippen LogP contribution in [0.25, 0.3) is 10.2 Å². The molecule has 1 amide bonds. The van der Waals surface area contributed by atoms with E-state index in [0.29, 0.717) is 12.3 Å². The van der Waals surface area contributed by atoms with Crippen LogP contribution >= 0.6 is 11.3 Å². The molecule has 3 aromatic rings. The zero-order valence-corrected chi connectivity index (χ0v) is 17.2. The van der Waals surface area contributed by atoms with Gasteiger partial charge < -0.3 is 14.1 Å².